The summed E-state index contributed by atoms with van der Waals surface area (Å²) < 4.78 is 0.820. The van der Waals surface area contributed by atoms with Crippen molar-refractivity contribution in [2.75, 3.05) is 5.32 Å². The standard InChI is InChI=1S/C18H15BrN4O/c19-12-7-13(9-20-8-12)23-18(24)14-10-22-15-5-1-3-11-4-2-6-21-17(11)16(14)15/h2,4,6-10,22H,1,3,5H2,(H,23,24). The first kappa shape index (κ1) is 15.1. The predicted molar refractivity (Wildman–Crippen MR) is 95.9 cm³/mol. The lowest BCUT2D eigenvalue weighted by atomic mass is 10.0. The summed E-state index contributed by atoms with van der Waals surface area (Å²) in [6.45, 7) is 0. The van der Waals surface area contributed by atoms with E-state index < -0.39 is 0 Å². The summed E-state index contributed by atoms with van der Waals surface area (Å²) in [6, 6.07) is 5.86. The van der Waals surface area contributed by atoms with Crippen molar-refractivity contribution in [3.8, 4) is 11.3 Å². The minimum atomic E-state index is -0.161. The molecule has 1 amide bonds. The van der Waals surface area contributed by atoms with Crippen molar-refractivity contribution in [3.05, 3.63) is 64.3 Å². The van der Waals surface area contributed by atoms with Gasteiger partial charge in [0.05, 0.1) is 23.1 Å². The molecule has 0 spiro atoms. The summed E-state index contributed by atoms with van der Waals surface area (Å²) in [6.07, 6.45) is 9.79. The summed E-state index contributed by atoms with van der Waals surface area (Å²) in [5.41, 5.74) is 5.36. The van der Waals surface area contributed by atoms with Crippen LogP contribution in [0.25, 0.3) is 11.3 Å². The van der Waals surface area contributed by atoms with Crippen LogP contribution >= 0.6 is 15.9 Å². The van der Waals surface area contributed by atoms with Crippen LogP contribution in [0.2, 0.25) is 0 Å². The SMILES string of the molecule is O=C(Nc1cncc(Br)c1)c1c[nH]c2c1-c1ncccc1CCC2. The van der Waals surface area contributed by atoms with Crippen LogP contribution in [-0.2, 0) is 12.8 Å². The molecule has 0 saturated carbocycles. The molecular weight excluding hydrogens is 368 g/mol. The van der Waals surface area contributed by atoms with Crippen molar-refractivity contribution < 1.29 is 4.79 Å². The molecule has 24 heavy (non-hydrogen) atoms. The maximum absolute atomic E-state index is 12.8. The zero-order chi connectivity index (χ0) is 16.5. The molecule has 0 aliphatic heterocycles. The largest absolute Gasteiger partial charge is 0.364 e. The van der Waals surface area contributed by atoms with E-state index in [1.807, 2.05) is 12.1 Å². The average Bonchev–Trinajstić information content (AvgIpc) is 2.91. The molecule has 0 aromatic carbocycles. The highest BCUT2D eigenvalue weighted by atomic mass is 79.9. The van der Waals surface area contributed by atoms with Gasteiger partial charge in [-0.05, 0) is 52.9 Å². The van der Waals surface area contributed by atoms with Crippen LogP contribution in [-0.4, -0.2) is 20.9 Å². The Balaban J connectivity index is 1.74. The van der Waals surface area contributed by atoms with E-state index in [0.29, 0.717) is 11.3 Å². The summed E-state index contributed by atoms with van der Waals surface area (Å²) in [5, 5.41) is 2.91. The molecule has 5 nitrogen and oxygen atoms in total. The number of anilines is 1. The Morgan fingerprint density at radius 1 is 1.29 bits per heavy atom. The van der Waals surface area contributed by atoms with Crippen LogP contribution in [0.4, 0.5) is 5.69 Å². The molecule has 6 heteroatoms. The lowest BCUT2D eigenvalue weighted by Crippen LogP contribution is -2.12. The Morgan fingerprint density at radius 3 is 3.08 bits per heavy atom. The van der Waals surface area contributed by atoms with Crippen LogP contribution in [0.1, 0.15) is 28.0 Å². The smallest absolute Gasteiger partial charge is 0.257 e. The fourth-order valence-corrected chi connectivity index (χ4v) is 3.48. The molecule has 1 aliphatic carbocycles. The zero-order valence-electron chi connectivity index (χ0n) is 12.8. The third-order valence-electron chi connectivity index (χ3n) is 4.17. The summed E-state index contributed by atoms with van der Waals surface area (Å²) in [7, 11) is 0. The highest BCUT2D eigenvalue weighted by Gasteiger charge is 2.24. The van der Waals surface area contributed by atoms with Crippen molar-refractivity contribution in [2.45, 2.75) is 19.3 Å². The molecule has 0 fully saturated rings. The van der Waals surface area contributed by atoms with Crippen molar-refractivity contribution >= 4 is 27.5 Å². The van der Waals surface area contributed by atoms with Crippen molar-refractivity contribution in [1.82, 2.24) is 15.0 Å². The van der Waals surface area contributed by atoms with E-state index in [-0.39, 0.29) is 5.91 Å². The molecule has 0 bridgehead atoms. The second kappa shape index (κ2) is 6.20. The Bertz CT molecular complexity index is 919. The maximum atomic E-state index is 12.8. The van der Waals surface area contributed by atoms with Gasteiger partial charge in [-0.25, -0.2) is 0 Å². The van der Waals surface area contributed by atoms with Gasteiger partial charge in [-0.2, -0.15) is 0 Å². The van der Waals surface area contributed by atoms with Gasteiger partial charge < -0.3 is 10.3 Å². The molecule has 0 unspecified atom stereocenters. The maximum Gasteiger partial charge on any atom is 0.257 e. The molecule has 2 N–H and O–H groups in total. The fourth-order valence-electron chi connectivity index (χ4n) is 3.11. The molecule has 0 radical (unpaired) electrons. The van der Waals surface area contributed by atoms with Gasteiger partial charge in [0.2, 0.25) is 0 Å². The van der Waals surface area contributed by atoms with E-state index >= 15 is 0 Å². The summed E-state index contributed by atoms with van der Waals surface area (Å²) in [4.78, 5) is 24.7. The number of amides is 1. The molecule has 120 valence electrons. The zero-order valence-corrected chi connectivity index (χ0v) is 14.4. The topological polar surface area (TPSA) is 70.7 Å². The minimum absolute atomic E-state index is 0.161. The van der Waals surface area contributed by atoms with Gasteiger partial charge in [0.1, 0.15) is 0 Å². The molecule has 3 aromatic rings. The van der Waals surface area contributed by atoms with Gasteiger partial charge >= 0.3 is 0 Å². The van der Waals surface area contributed by atoms with Gasteiger partial charge in [0.15, 0.2) is 0 Å². The first-order chi connectivity index (χ1) is 11.7. The minimum Gasteiger partial charge on any atom is -0.364 e. The Labute approximate surface area is 147 Å². The Morgan fingerprint density at radius 2 is 2.21 bits per heavy atom. The van der Waals surface area contributed by atoms with Gasteiger partial charge in [-0.15, -0.1) is 0 Å². The number of nitrogens with zero attached hydrogens (tertiary/aromatic N) is 2. The molecule has 0 saturated heterocycles. The van der Waals surface area contributed by atoms with Crippen molar-refractivity contribution in [2.24, 2.45) is 0 Å². The predicted octanol–water partition coefficient (Wildman–Crippen LogP) is 3.98. The van der Waals surface area contributed by atoms with Gasteiger partial charge in [0.25, 0.3) is 5.91 Å². The van der Waals surface area contributed by atoms with Gasteiger partial charge in [-0.1, -0.05) is 6.07 Å². The third kappa shape index (κ3) is 2.73. The number of rotatable bonds is 2. The molecular formula is C18H15BrN4O. The fraction of sp³-hybridized carbons (Fsp3) is 0.167. The summed E-state index contributed by atoms with van der Waals surface area (Å²) >= 11 is 3.36. The third-order valence-corrected chi connectivity index (χ3v) is 4.60. The highest BCUT2D eigenvalue weighted by Crippen LogP contribution is 2.33. The molecule has 3 heterocycles. The number of aryl methyl sites for hydroxylation is 2. The van der Waals surface area contributed by atoms with E-state index in [9.17, 15) is 4.79 Å². The average molecular weight is 383 g/mol. The van der Waals surface area contributed by atoms with E-state index in [4.69, 9.17) is 0 Å². The number of fused-ring (bicyclic) bond motifs is 3. The highest BCUT2D eigenvalue weighted by molar-refractivity contribution is 9.10. The number of hydrogen-bond acceptors (Lipinski definition) is 3. The lowest BCUT2D eigenvalue weighted by molar-refractivity contribution is 0.102. The van der Waals surface area contributed by atoms with Gasteiger partial charge in [0, 0.05) is 34.3 Å². The molecule has 1 aliphatic rings. The molecule has 3 aromatic heterocycles. The number of nitrogens with one attached hydrogen (secondary N) is 2. The van der Waals surface area contributed by atoms with E-state index in [1.54, 1.807) is 24.8 Å². The van der Waals surface area contributed by atoms with Crippen LogP contribution in [0.15, 0.2) is 47.5 Å². The Hall–Kier alpha value is -2.47. The monoisotopic (exact) mass is 382 g/mol. The first-order valence-electron chi connectivity index (χ1n) is 7.79. The number of aromatic nitrogens is 3. The number of pyridine rings is 2. The van der Waals surface area contributed by atoms with Crippen molar-refractivity contribution in [1.29, 1.82) is 0 Å². The number of H-pyrrole nitrogens is 1. The van der Waals surface area contributed by atoms with E-state index in [0.717, 1.165) is 40.7 Å². The second-order valence-corrected chi connectivity index (χ2v) is 6.68. The number of carbonyl (C=O) groups is 1. The normalized spacial score (nSPS) is 12.9. The summed E-state index contributed by atoms with van der Waals surface area (Å²) in [5.74, 6) is -0.161. The quantitative estimate of drug-likeness (QED) is 0.704. The van der Waals surface area contributed by atoms with Crippen molar-refractivity contribution in [3.63, 3.8) is 0 Å². The number of halogens is 1. The van der Waals surface area contributed by atoms with Crippen LogP contribution in [0.5, 0.6) is 0 Å². The van der Waals surface area contributed by atoms with Crippen LogP contribution < -0.4 is 5.32 Å². The van der Waals surface area contributed by atoms with Gasteiger partial charge in [-0.3, -0.25) is 14.8 Å². The lowest BCUT2D eigenvalue weighted by Gasteiger charge is -2.09. The number of carbonyl (C=O) groups excluding carboxylic acids is 1. The van der Waals surface area contributed by atoms with E-state index in [2.05, 4.69) is 42.3 Å². The second-order valence-electron chi connectivity index (χ2n) is 5.77. The number of hydrogen-bond donors (Lipinski definition) is 2. The Kier molecular flexibility index (Phi) is 3.90. The molecule has 4 rings (SSSR count). The molecule has 0 atom stereocenters. The van der Waals surface area contributed by atoms with E-state index in [1.165, 1.54) is 5.56 Å². The first-order valence-corrected chi connectivity index (χ1v) is 8.58. The van der Waals surface area contributed by atoms with Crippen LogP contribution in [0, 0.1) is 0 Å². The number of aromatic amines is 1. The van der Waals surface area contributed by atoms with Crippen LogP contribution in [0.3, 0.4) is 0 Å².